The van der Waals surface area contributed by atoms with Crippen LogP contribution in [0.15, 0.2) is 48.8 Å². The van der Waals surface area contributed by atoms with Crippen LogP contribution in [0.25, 0.3) is 0 Å². The Kier molecular flexibility index (Phi) is 3.20. The van der Waals surface area contributed by atoms with Crippen LogP contribution in [-0.2, 0) is 5.67 Å². The van der Waals surface area contributed by atoms with E-state index in [0.717, 1.165) is 5.56 Å². The standard InChI is InChI=1S/C14H15FN2/c1-11-7-8-17-9-13(11)14(15,10-16)12-5-3-2-4-6-12/h2-9H,10,16H2,1H3. The molecule has 0 saturated carbocycles. The van der Waals surface area contributed by atoms with Gasteiger partial charge in [0.25, 0.3) is 0 Å². The highest BCUT2D eigenvalue weighted by Crippen LogP contribution is 2.34. The maximum Gasteiger partial charge on any atom is 0.174 e. The monoisotopic (exact) mass is 230 g/mol. The van der Waals surface area contributed by atoms with Gasteiger partial charge in [-0.25, -0.2) is 4.39 Å². The molecule has 0 aliphatic heterocycles. The predicted molar refractivity (Wildman–Crippen MR) is 66.4 cm³/mol. The molecule has 0 amide bonds. The van der Waals surface area contributed by atoms with Crippen LogP contribution in [0, 0.1) is 6.92 Å². The summed E-state index contributed by atoms with van der Waals surface area (Å²) in [7, 11) is 0. The van der Waals surface area contributed by atoms with Crippen molar-refractivity contribution in [2.24, 2.45) is 5.73 Å². The predicted octanol–water partition coefficient (Wildman–Crippen LogP) is 2.56. The van der Waals surface area contributed by atoms with E-state index in [1.807, 2.05) is 25.1 Å². The second kappa shape index (κ2) is 4.63. The van der Waals surface area contributed by atoms with E-state index in [4.69, 9.17) is 5.73 Å². The summed E-state index contributed by atoms with van der Waals surface area (Å²) >= 11 is 0. The van der Waals surface area contributed by atoms with Gasteiger partial charge in [-0.15, -0.1) is 0 Å². The Morgan fingerprint density at radius 2 is 1.94 bits per heavy atom. The molecule has 0 aliphatic carbocycles. The fourth-order valence-electron chi connectivity index (χ4n) is 1.96. The highest BCUT2D eigenvalue weighted by atomic mass is 19.1. The Morgan fingerprint density at radius 1 is 1.24 bits per heavy atom. The van der Waals surface area contributed by atoms with Crippen LogP contribution in [0.1, 0.15) is 16.7 Å². The molecule has 0 radical (unpaired) electrons. The van der Waals surface area contributed by atoms with E-state index in [0.29, 0.717) is 11.1 Å². The average Bonchev–Trinajstić information content (AvgIpc) is 2.39. The smallest absolute Gasteiger partial charge is 0.174 e. The largest absolute Gasteiger partial charge is 0.327 e. The third-order valence-electron chi connectivity index (χ3n) is 2.98. The minimum Gasteiger partial charge on any atom is -0.327 e. The van der Waals surface area contributed by atoms with Crippen LogP contribution in [-0.4, -0.2) is 11.5 Å². The topological polar surface area (TPSA) is 38.9 Å². The lowest BCUT2D eigenvalue weighted by molar-refractivity contribution is 0.231. The molecule has 2 rings (SSSR count). The number of pyridine rings is 1. The van der Waals surface area contributed by atoms with Gasteiger partial charge in [-0.05, 0) is 24.1 Å². The molecule has 0 saturated heterocycles. The number of alkyl halides is 1. The van der Waals surface area contributed by atoms with Crippen molar-refractivity contribution in [3.05, 3.63) is 65.5 Å². The van der Waals surface area contributed by atoms with E-state index in [-0.39, 0.29) is 6.54 Å². The molecule has 2 nitrogen and oxygen atoms in total. The number of rotatable bonds is 3. The number of halogens is 1. The van der Waals surface area contributed by atoms with E-state index in [1.165, 1.54) is 0 Å². The highest BCUT2D eigenvalue weighted by molar-refractivity contribution is 5.39. The molecule has 0 spiro atoms. The lowest BCUT2D eigenvalue weighted by Gasteiger charge is -2.25. The zero-order valence-corrected chi connectivity index (χ0v) is 9.73. The van der Waals surface area contributed by atoms with Gasteiger partial charge in [-0.1, -0.05) is 30.3 Å². The Morgan fingerprint density at radius 3 is 2.53 bits per heavy atom. The first-order valence-electron chi connectivity index (χ1n) is 5.54. The van der Waals surface area contributed by atoms with Gasteiger partial charge in [0.15, 0.2) is 5.67 Å². The molecule has 1 aromatic heterocycles. The number of benzene rings is 1. The lowest BCUT2D eigenvalue weighted by atomic mass is 9.87. The van der Waals surface area contributed by atoms with Gasteiger partial charge < -0.3 is 5.73 Å². The van der Waals surface area contributed by atoms with Gasteiger partial charge in [0, 0.05) is 24.5 Å². The Bertz CT molecular complexity index is 499. The van der Waals surface area contributed by atoms with Gasteiger partial charge >= 0.3 is 0 Å². The van der Waals surface area contributed by atoms with Crippen molar-refractivity contribution in [3.8, 4) is 0 Å². The number of nitrogens with zero attached hydrogens (tertiary/aromatic N) is 1. The minimum absolute atomic E-state index is 0.0937. The summed E-state index contributed by atoms with van der Waals surface area (Å²) in [6.07, 6.45) is 3.20. The fourth-order valence-corrected chi connectivity index (χ4v) is 1.96. The summed E-state index contributed by atoms with van der Waals surface area (Å²) in [6, 6.07) is 10.8. The number of hydrogen-bond acceptors (Lipinski definition) is 2. The SMILES string of the molecule is Cc1ccncc1C(F)(CN)c1ccccc1. The van der Waals surface area contributed by atoms with Crippen LogP contribution in [0.5, 0.6) is 0 Å². The third kappa shape index (κ3) is 2.06. The molecule has 1 aromatic carbocycles. The second-order valence-electron chi connectivity index (χ2n) is 4.06. The van der Waals surface area contributed by atoms with Crippen molar-refractivity contribution in [1.82, 2.24) is 4.98 Å². The molecule has 3 heteroatoms. The van der Waals surface area contributed by atoms with Crippen LogP contribution < -0.4 is 5.73 Å². The molecule has 0 bridgehead atoms. The van der Waals surface area contributed by atoms with Crippen LogP contribution in [0.4, 0.5) is 4.39 Å². The first-order valence-corrected chi connectivity index (χ1v) is 5.54. The van der Waals surface area contributed by atoms with Crippen molar-refractivity contribution in [2.75, 3.05) is 6.54 Å². The zero-order chi connectivity index (χ0) is 12.3. The molecule has 1 heterocycles. The molecule has 2 N–H and O–H groups in total. The summed E-state index contributed by atoms with van der Waals surface area (Å²) in [5.41, 5.74) is 5.93. The Balaban J connectivity index is 2.56. The molecule has 17 heavy (non-hydrogen) atoms. The summed E-state index contributed by atoms with van der Waals surface area (Å²) in [5, 5.41) is 0. The first kappa shape index (κ1) is 11.7. The normalized spacial score (nSPS) is 14.3. The van der Waals surface area contributed by atoms with E-state index in [1.54, 1.807) is 30.6 Å². The Hall–Kier alpha value is -1.74. The van der Waals surface area contributed by atoms with Crippen molar-refractivity contribution in [2.45, 2.75) is 12.6 Å². The molecular formula is C14H15FN2. The number of aromatic nitrogens is 1. The summed E-state index contributed by atoms with van der Waals surface area (Å²) < 4.78 is 15.1. The number of nitrogens with two attached hydrogens (primary N) is 1. The maximum atomic E-state index is 15.1. The van der Waals surface area contributed by atoms with E-state index < -0.39 is 5.67 Å². The van der Waals surface area contributed by atoms with Crippen molar-refractivity contribution < 1.29 is 4.39 Å². The fraction of sp³-hybridized carbons (Fsp3) is 0.214. The van der Waals surface area contributed by atoms with Crippen molar-refractivity contribution in [1.29, 1.82) is 0 Å². The van der Waals surface area contributed by atoms with Gasteiger partial charge in [-0.2, -0.15) is 0 Å². The summed E-state index contributed by atoms with van der Waals surface area (Å²) in [6.45, 7) is 1.77. The summed E-state index contributed by atoms with van der Waals surface area (Å²) in [4.78, 5) is 3.99. The van der Waals surface area contributed by atoms with E-state index in [2.05, 4.69) is 4.98 Å². The molecular weight excluding hydrogens is 215 g/mol. The molecule has 1 unspecified atom stereocenters. The van der Waals surface area contributed by atoms with Crippen LogP contribution >= 0.6 is 0 Å². The van der Waals surface area contributed by atoms with Crippen LogP contribution in [0.2, 0.25) is 0 Å². The molecule has 1 atom stereocenters. The lowest BCUT2D eigenvalue weighted by Crippen LogP contribution is -2.32. The van der Waals surface area contributed by atoms with Crippen LogP contribution in [0.3, 0.4) is 0 Å². The van der Waals surface area contributed by atoms with Gasteiger partial charge in [0.05, 0.1) is 0 Å². The van der Waals surface area contributed by atoms with Gasteiger partial charge in [0.1, 0.15) is 0 Å². The first-order chi connectivity index (χ1) is 8.18. The van der Waals surface area contributed by atoms with Gasteiger partial charge in [-0.3, -0.25) is 4.98 Å². The number of hydrogen-bond donors (Lipinski definition) is 1. The summed E-state index contributed by atoms with van der Waals surface area (Å²) in [5.74, 6) is 0. The molecule has 0 fully saturated rings. The second-order valence-corrected chi connectivity index (χ2v) is 4.06. The minimum atomic E-state index is -1.67. The Labute approximate surface area is 100 Å². The quantitative estimate of drug-likeness (QED) is 0.880. The van der Waals surface area contributed by atoms with E-state index >= 15 is 4.39 Å². The molecule has 88 valence electrons. The average molecular weight is 230 g/mol. The third-order valence-corrected chi connectivity index (χ3v) is 2.98. The van der Waals surface area contributed by atoms with Crippen molar-refractivity contribution >= 4 is 0 Å². The molecule has 0 aliphatic rings. The van der Waals surface area contributed by atoms with E-state index in [9.17, 15) is 0 Å². The highest BCUT2D eigenvalue weighted by Gasteiger charge is 2.34. The zero-order valence-electron chi connectivity index (χ0n) is 9.73. The molecule has 2 aromatic rings. The number of aryl methyl sites for hydroxylation is 1. The van der Waals surface area contributed by atoms with Crippen molar-refractivity contribution in [3.63, 3.8) is 0 Å². The van der Waals surface area contributed by atoms with Gasteiger partial charge in [0.2, 0.25) is 0 Å². The maximum absolute atomic E-state index is 15.1.